The molecule has 0 saturated heterocycles. The predicted molar refractivity (Wildman–Crippen MR) is 185 cm³/mol. The van der Waals surface area contributed by atoms with Crippen LogP contribution in [0, 0.1) is 24.9 Å². The van der Waals surface area contributed by atoms with Crippen molar-refractivity contribution in [2.45, 2.75) is 84.3 Å². The van der Waals surface area contributed by atoms with Gasteiger partial charge in [0.2, 0.25) is 0 Å². The summed E-state index contributed by atoms with van der Waals surface area (Å²) in [6.45, 7) is 5.87. The van der Waals surface area contributed by atoms with Crippen molar-refractivity contribution in [3.63, 3.8) is 0 Å². The third-order valence-electron chi connectivity index (χ3n) is 8.49. The molecule has 0 bridgehead atoms. The minimum Gasteiger partial charge on any atom is -0.305 e. The first kappa shape index (κ1) is 26.8. The Kier molecular flexibility index (Phi) is 9.68. The van der Waals surface area contributed by atoms with Gasteiger partial charge in [0, 0.05) is 40.7 Å². The molecule has 0 N–H and O–H groups in total. The van der Waals surface area contributed by atoms with Gasteiger partial charge in [-0.2, -0.15) is 0 Å². The van der Waals surface area contributed by atoms with Gasteiger partial charge in [0.25, 0.3) is 0 Å². The average molecular weight is 777 g/mol. The summed E-state index contributed by atoms with van der Waals surface area (Å²) in [5.41, 5.74) is 6.76. The Balaban J connectivity index is 0.000000224. The number of nitrogens with zero attached hydrogens (tertiary/aromatic N) is 2. The molecular formula is C42H46IrN2-2. The van der Waals surface area contributed by atoms with E-state index >= 15 is 0 Å². The molecule has 3 aromatic carbocycles. The Morgan fingerprint density at radius 2 is 1.58 bits per heavy atom. The van der Waals surface area contributed by atoms with Crippen LogP contribution in [0.15, 0.2) is 103 Å². The van der Waals surface area contributed by atoms with Crippen LogP contribution in [0.25, 0.3) is 22.5 Å². The first-order valence-corrected chi connectivity index (χ1v) is 15.6. The van der Waals surface area contributed by atoms with E-state index in [0.717, 1.165) is 54.5 Å². The van der Waals surface area contributed by atoms with Crippen LogP contribution < -0.4 is 0 Å². The van der Waals surface area contributed by atoms with Gasteiger partial charge in [-0.25, -0.2) is 0 Å². The van der Waals surface area contributed by atoms with E-state index in [4.69, 9.17) is 8.22 Å². The van der Waals surface area contributed by atoms with Crippen molar-refractivity contribution in [1.29, 1.82) is 0 Å². The molecule has 0 unspecified atom stereocenters. The molecule has 235 valence electrons. The molecule has 2 aromatic heterocycles. The van der Waals surface area contributed by atoms with Crippen molar-refractivity contribution in [2.75, 3.05) is 0 Å². The number of aromatic nitrogens is 2. The van der Waals surface area contributed by atoms with Gasteiger partial charge >= 0.3 is 0 Å². The van der Waals surface area contributed by atoms with E-state index in [2.05, 4.69) is 72.3 Å². The second kappa shape index (κ2) is 16.3. The molecule has 0 atom stereocenters. The molecule has 1 aliphatic rings. The number of pyridine rings is 2. The largest absolute Gasteiger partial charge is 0.305 e. The van der Waals surface area contributed by atoms with Gasteiger partial charge in [-0.1, -0.05) is 113 Å². The number of hydrogen-bond donors (Lipinski definition) is 0. The summed E-state index contributed by atoms with van der Waals surface area (Å²) >= 11 is 0. The van der Waals surface area contributed by atoms with E-state index in [1.807, 2.05) is 56.3 Å². The van der Waals surface area contributed by atoms with Crippen LogP contribution in [-0.2, 0) is 31.9 Å². The summed E-state index contributed by atoms with van der Waals surface area (Å²) < 4.78 is 49.1. The quantitative estimate of drug-likeness (QED) is 0.154. The van der Waals surface area contributed by atoms with Gasteiger partial charge in [0.15, 0.2) is 0 Å². The molecule has 1 saturated carbocycles. The molecule has 1 radical (unpaired) electrons. The van der Waals surface area contributed by atoms with Crippen LogP contribution in [0.5, 0.6) is 0 Å². The van der Waals surface area contributed by atoms with E-state index in [-0.39, 0.29) is 42.6 Å². The van der Waals surface area contributed by atoms with Crippen molar-refractivity contribution in [1.82, 2.24) is 9.97 Å². The maximum Gasteiger partial charge on any atom is 0.0346 e. The van der Waals surface area contributed by atoms with Crippen LogP contribution in [0.2, 0.25) is 0 Å². The van der Waals surface area contributed by atoms with E-state index in [1.54, 1.807) is 18.3 Å². The zero-order valence-electron chi connectivity index (χ0n) is 32.7. The molecule has 1 fully saturated rings. The summed E-state index contributed by atoms with van der Waals surface area (Å²) in [6, 6.07) is 36.0. The summed E-state index contributed by atoms with van der Waals surface area (Å²) in [7, 11) is 0. The minimum atomic E-state index is -2.39. The van der Waals surface area contributed by atoms with Gasteiger partial charge in [-0.05, 0) is 59.0 Å². The average Bonchev–Trinajstić information content (AvgIpc) is 3.12. The SMILES string of the molecule is [2H]C(C)(C)c1ccnc(-c2[c-]ccc(C(C)(C)c3ccccc3)c2)c1.[2H]C([2H])([2H])c1cnc(-c2[c-]cccc2)cc1C([2H])([2H])C1CCCCC1.[Ir]. The smallest absolute Gasteiger partial charge is 0.0346 e. The minimum absolute atomic E-state index is 0. The maximum atomic E-state index is 8.72. The molecule has 0 amide bonds. The van der Waals surface area contributed by atoms with Crippen LogP contribution >= 0.6 is 0 Å². The Hall–Kier alpha value is -3.39. The zero-order valence-corrected chi connectivity index (χ0v) is 29.1. The van der Waals surface area contributed by atoms with E-state index < -0.39 is 19.1 Å². The number of benzene rings is 3. The van der Waals surface area contributed by atoms with Gasteiger partial charge in [-0.15, -0.1) is 71.3 Å². The predicted octanol–water partition coefficient (Wildman–Crippen LogP) is 11.0. The van der Waals surface area contributed by atoms with Gasteiger partial charge in [0.05, 0.1) is 0 Å². The maximum absolute atomic E-state index is 8.72. The first-order valence-electron chi connectivity index (χ1n) is 18.6. The van der Waals surface area contributed by atoms with Crippen molar-refractivity contribution >= 4 is 0 Å². The number of aryl methyl sites for hydroxylation is 1. The third-order valence-corrected chi connectivity index (χ3v) is 8.49. The third kappa shape index (κ3) is 9.09. The fourth-order valence-corrected chi connectivity index (χ4v) is 5.66. The van der Waals surface area contributed by atoms with E-state index in [9.17, 15) is 0 Å². The van der Waals surface area contributed by atoms with Crippen LogP contribution in [0.1, 0.15) is 102 Å². The molecule has 2 nitrogen and oxygen atoms in total. The van der Waals surface area contributed by atoms with Crippen LogP contribution in [-0.4, -0.2) is 9.97 Å². The fraction of sp³-hybridized carbons (Fsp3) is 0.333. The molecule has 3 heteroatoms. The second-order valence-electron chi connectivity index (χ2n) is 12.3. The van der Waals surface area contributed by atoms with Crippen LogP contribution in [0.3, 0.4) is 0 Å². The summed E-state index contributed by atoms with van der Waals surface area (Å²) in [6.07, 6.45) is 6.12. The van der Waals surface area contributed by atoms with Gasteiger partial charge < -0.3 is 9.97 Å². The van der Waals surface area contributed by atoms with E-state index in [0.29, 0.717) is 5.69 Å². The van der Waals surface area contributed by atoms with Crippen molar-refractivity contribution < 1.29 is 28.3 Å². The molecular weight excluding hydrogens is 725 g/mol. The first-order chi connectivity index (χ1) is 23.6. The molecule has 45 heavy (non-hydrogen) atoms. The summed E-state index contributed by atoms with van der Waals surface area (Å²) in [5.74, 6) is -0.795. The summed E-state index contributed by atoms with van der Waals surface area (Å²) in [5, 5.41) is 0. The van der Waals surface area contributed by atoms with Gasteiger partial charge in [-0.3, -0.25) is 0 Å². The zero-order chi connectivity index (χ0) is 36.2. The Bertz CT molecular complexity index is 1860. The Morgan fingerprint density at radius 1 is 0.844 bits per heavy atom. The van der Waals surface area contributed by atoms with Gasteiger partial charge in [0.1, 0.15) is 0 Å². The molecule has 0 aliphatic heterocycles. The number of hydrogen-bond acceptors (Lipinski definition) is 2. The standard InChI is InChI=1S/C23H24N.C19H22N.Ir/c1-17(2)18-13-14-24-22(16-18)19-9-8-12-21(15-19)23(3,4)20-10-6-5-7-11-20;1-15-14-20-19(17-10-6-3-7-11-17)13-18(15)12-16-8-4-2-5-9-16;/h5-8,10-17H,1-4H3;3,6-7,10,13-14,16H,2,4-5,8-9,12H2,1H3;/q2*-1;/i17D;1D3,12D2;. The topological polar surface area (TPSA) is 25.8 Å². The van der Waals surface area contributed by atoms with Crippen molar-refractivity contribution in [2.24, 2.45) is 5.92 Å². The van der Waals surface area contributed by atoms with Crippen molar-refractivity contribution in [3.8, 4) is 22.5 Å². The number of rotatable bonds is 7. The normalized spacial score (nSPS) is 16.3. The summed E-state index contributed by atoms with van der Waals surface area (Å²) in [4.78, 5) is 8.78. The Morgan fingerprint density at radius 3 is 2.29 bits per heavy atom. The molecule has 2 heterocycles. The molecule has 6 rings (SSSR count). The fourth-order valence-electron chi connectivity index (χ4n) is 5.66. The monoisotopic (exact) mass is 777 g/mol. The van der Waals surface area contributed by atoms with Crippen molar-refractivity contribution in [3.05, 3.63) is 143 Å². The van der Waals surface area contributed by atoms with E-state index in [1.165, 1.54) is 17.3 Å². The van der Waals surface area contributed by atoms with Crippen LogP contribution in [0.4, 0.5) is 0 Å². The molecule has 0 spiro atoms. The molecule has 1 aliphatic carbocycles. The Labute approximate surface area is 293 Å². The second-order valence-corrected chi connectivity index (χ2v) is 12.3. The molecule has 5 aromatic rings.